The van der Waals surface area contributed by atoms with Crippen LogP contribution in [-0.4, -0.2) is 18.3 Å². The Bertz CT molecular complexity index is 892. The molecule has 2 aromatic carbocycles. The molecule has 2 heterocycles. The van der Waals surface area contributed by atoms with Crippen LogP contribution in [-0.2, 0) is 9.31 Å². The van der Waals surface area contributed by atoms with Gasteiger partial charge in [0.1, 0.15) is 11.2 Å². The number of aryl methyl sites for hydroxylation is 1. The smallest absolute Gasteiger partial charge is 0.456 e. The summed E-state index contributed by atoms with van der Waals surface area (Å²) in [4.78, 5) is 0. The van der Waals surface area contributed by atoms with E-state index in [1.807, 2.05) is 12.1 Å². The molecule has 0 unspecified atom stereocenters. The third kappa shape index (κ3) is 2.20. The topological polar surface area (TPSA) is 31.6 Å². The van der Waals surface area contributed by atoms with Crippen molar-refractivity contribution in [2.24, 2.45) is 0 Å². The van der Waals surface area contributed by atoms with Crippen molar-refractivity contribution in [3.05, 3.63) is 42.0 Å². The van der Waals surface area contributed by atoms with E-state index in [1.165, 1.54) is 5.56 Å². The Labute approximate surface area is 136 Å². The summed E-state index contributed by atoms with van der Waals surface area (Å²) in [6.45, 7) is 10.4. The fourth-order valence-electron chi connectivity index (χ4n) is 3.03. The maximum Gasteiger partial charge on any atom is 0.494 e. The van der Waals surface area contributed by atoms with Gasteiger partial charge < -0.3 is 13.7 Å². The van der Waals surface area contributed by atoms with Gasteiger partial charge in [-0.05, 0) is 57.8 Å². The second kappa shape index (κ2) is 4.62. The fraction of sp³-hybridized carbons (Fsp3) is 0.368. The van der Waals surface area contributed by atoms with Crippen LogP contribution in [0.15, 0.2) is 40.8 Å². The van der Waals surface area contributed by atoms with Crippen molar-refractivity contribution >= 4 is 34.5 Å². The van der Waals surface area contributed by atoms with Gasteiger partial charge in [0, 0.05) is 10.8 Å². The van der Waals surface area contributed by atoms with Crippen molar-refractivity contribution in [1.29, 1.82) is 0 Å². The van der Waals surface area contributed by atoms with Crippen LogP contribution in [0.2, 0.25) is 0 Å². The molecule has 0 radical (unpaired) electrons. The first-order valence-corrected chi connectivity index (χ1v) is 8.05. The number of fused-ring (bicyclic) bond motifs is 3. The van der Waals surface area contributed by atoms with Crippen LogP contribution in [0, 0.1) is 6.92 Å². The van der Waals surface area contributed by atoms with Crippen LogP contribution < -0.4 is 5.46 Å². The Balaban J connectivity index is 1.82. The molecule has 0 bridgehead atoms. The molecule has 1 aromatic heterocycles. The molecule has 1 saturated heterocycles. The predicted octanol–water partition coefficient (Wildman–Crippen LogP) is 4.19. The van der Waals surface area contributed by atoms with Crippen LogP contribution in [0.25, 0.3) is 21.9 Å². The normalized spacial score (nSPS) is 19.8. The summed E-state index contributed by atoms with van der Waals surface area (Å²) < 4.78 is 18.3. The van der Waals surface area contributed by atoms with Crippen molar-refractivity contribution in [2.45, 2.75) is 45.8 Å². The lowest BCUT2D eigenvalue weighted by molar-refractivity contribution is 0.00578. The molecule has 118 valence electrons. The lowest BCUT2D eigenvalue weighted by Crippen LogP contribution is -2.41. The second-order valence-electron chi connectivity index (χ2n) is 7.45. The summed E-state index contributed by atoms with van der Waals surface area (Å²) in [5.41, 5.74) is 3.38. The van der Waals surface area contributed by atoms with E-state index in [-0.39, 0.29) is 18.3 Å². The molecule has 0 N–H and O–H groups in total. The molecule has 0 spiro atoms. The average Bonchev–Trinajstić information content (AvgIpc) is 2.91. The minimum Gasteiger partial charge on any atom is -0.456 e. The summed E-state index contributed by atoms with van der Waals surface area (Å²) in [5, 5.41) is 2.23. The highest BCUT2D eigenvalue weighted by Crippen LogP contribution is 2.37. The number of benzene rings is 2. The molecule has 1 aliphatic heterocycles. The fourth-order valence-corrected chi connectivity index (χ4v) is 3.03. The molecule has 4 rings (SSSR count). The maximum absolute atomic E-state index is 6.15. The van der Waals surface area contributed by atoms with E-state index in [0.29, 0.717) is 0 Å². The molecular weight excluding hydrogens is 287 g/mol. The van der Waals surface area contributed by atoms with Gasteiger partial charge in [-0.1, -0.05) is 24.3 Å². The quantitative estimate of drug-likeness (QED) is 0.632. The van der Waals surface area contributed by atoms with Gasteiger partial charge >= 0.3 is 7.12 Å². The summed E-state index contributed by atoms with van der Waals surface area (Å²) in [6.07, 6.45) is 0. The van der Waals surface area contributed by atoms with E-state index >= 15 is 0 Å². The molecule has 1 aliphatic rings. The minimum absolute atomic E-state index is 0.331. The monoisotopic (exact) mass is 308 g/mol. The van der Waals surface area contributed by atoms with Gasteiger partial charge in [-0.3, -0.25) is 0 Å². The standard InChI is InChI=1S/C19H21BO3/c1-12-6-8-14-15-11-13(7-9-16(15)21-17(14)10-12)20-22-18(2,3)19(4,5)23-20/h6-11H,1-5H3. The van der Waals surface area contributed by atoms with Crippen LogP contribution in [0.1, 0.15) is 33.3 Å². The van der Waals surface area contributed by atoms with Gasteiger partial charge in [-0.25, -0.2) is 0 Å². The molecule has 3 nitrogen and oxygen atoms in total. The lowest BCUT2D eigenvalue weighted by Gasteiger charge is -2.32. The van der Waals surface area contributed by atoms with Crippen molar-refractivity contribution in [3.8, 4) is 0 Å². The molecule has 0 atom stereocenters. The molecular formula is C19H21BO3. The van der Waals surface area contributed by atoms with Gasteiger partial charge in [0.2, 0.25) is 0 Å². The van der Waals surface area contributed by atoms with Crippen LogP contribution in [0.4, 0.5) is 0 Å². The van der Waals surface area contributed by atoms with E-state index in [2.05, 4.69) is 58.9 Å². The molecule has 3 aromatic rings. The third-order valence-corrected chi connectivity index (χ3v) is 5.18. The van der Waals surface area contributed by atoms with Crippen molar-refractivity contribution < 1.29 is 13.7 Å². The number of furan rings is 1. The highest BCUT2D eigenvalue weighted by molar-refractivity contribution is 6.62. The zero-order chi connectivity index (χ0) is 16.4. The Morgan fingerprint density at radius 3 is 2.17 bits per heavy atom. The van der Waals surface area contributed by atoms with E-state index in [0.717, 1.165) is 27.4 Å². The molecule has 0 aliphatic carbocycles. The van der Waals surface area contributed by atoms with Crippen molar-refractivity contribution in [2.75, 3.05) is 0 Å². The second-order valence-corrected chi connectivity index (χ2v) is 7.45. The third-order valence-electron chi connectivity index (χ3n) is 5.18. The zero-order valence-electron chi connectivity index (χ0n) is 14.3. The first-order chi connectivity index (χ1) is 10.8. The minimum atomic E-state index is -0.347. The highest BCUT2D eigenvalue weighted by atomic mass is 16.7. The lowest BCUT2D eigenvalue weighted by atomic mass is 9.78. The van der Waals surface area contributed by atoms with Crippen LogP contribution in [0.3, 0.4) is 0 Å². The SMILES string of the molecule is Cc1ccc2c(c1)oc1ccc(B3OC(C)(C)C(C)(C)O3)cc12. The Morgan fingerprint density at radius 2 is 1.48 bits per heavy atom. The van der Waals surface area contributed by atoms with E-state index < -0.39 is 0 Å². The molecule has 4 heteroatoms. The van der Waals surface area contributed by atoms with Crippen molar-refractivity contribution in [1.82, 2.24) is 0 Å². The van der Waals surface area contributed by atoms with Crippen LogP contribution in [0.5, 0.6) is 0 Å². The highest BCUT2D eigenvalue weighted by Gasteiger charge is 2.51. The summed E-state index contributed by atoms with van der Waals surface area (Å²) in [7, 11) is -0.347. The van der Waals surface area contributed by atoms with Gasteiger partial charge in [0.25, 0.3) is 0 Å². The number of hydrogen-bond donors (Lipinski definition) is 0. The van der Waals surface area contributed by atoms with E-state index in [4.69, 9.17) is 13.7 Å². The largest absolute Gasteiger partial charge is 0.494 e. The Hall–Kier alpha value is -1.78. The molecule has 1 fully saturated rings. The average molecular weight is 308 g/mol. The summed E-state index contributed by atoms with van der Waals surface area (Å²) in [5.74, 6) is 0. The van der Waals surface area contributed by atoms with Gasteiger partial charge in [0.15, 0.2) is 0 Å². The zero-order valence-corrected chi connectivity index (χ0v) is 14.3. The van der Waals surface area contributed by atoms with Gasteiger partial charge in [-0.2, -0.15) is 0 Å². The van der Waals surface area contributed by atoms with Crippen molar-refractivity contribution in [3.63, 3.8) is 0 Å². The Morgan fingerprint density at radius 1 is 0.783 bits per heavy atom. The van der Waals surface area contributed by atoms with E-state index in [1.54, 1.807) is 0 Å². The predicted molar refractivity (Wildman–Crippen MR) is 94.2 cm³/mol. The van der Waals surface area contributed by atoms with Gasteiger partial charge in [0.05, 0.1) is 11.2 Å². The molecule has 23 heavy (non-hydrogen) atoms. The first-order valence-electron chi connectivity index (χ1n) is 8.05. The maximum atomic E-state index is 6.15. The van der Waals surface area contributed by atoms with E-state index in [9.17, 15) is 0 Å². The number of hydrogen-bond acceptors (Lipinski definition) is 3. The molecule has 0 amide bonds. The Kier molecular flexibility index (Phi) is 2.97. The summed E-state index contributed by atoms with van der Waals surface area (Å²) in [6, 6.07) is 12.5. The molecule has 0 saturated carbocycles. The first kappa shape index (κ1) is 14.8. The van der Waals surface area contributed by atoms with Gasteiger partial charge in [-0.15, -0.1) is 0 Å². The number of rotatable bonds is 1. The summed E-state index contributed by atoms with van der Waals surface area (Å²) >= 11 is 0. The van der Waals surface area contributed by atoms with Crippen LogP contribution >= 0.6 is 0 Å².